The van der Waals surface area contributed by atoms with Gasteiger partial charge in [-0.2, -0.15) is 0 Å². The third-order valence-electron chi connectivity index (χ3n) is 4.10. The first-order valence-electron chi connectivity index (χ1n) is 8.18. The SMILES string of the molecule is Cc1cccc(NC(=O)c2ccnc(NC3CCCCC3)n2)c1. The van der Waals surface area contributed by atoms with Crippen LogP contribution in [0.5, 0.6) is 0 Å². The second-order valence-electron chi connectivity index (χ2n) is 6.07. The van der Waals surface area contributed by atoms with E-state index in [9.17, 15) is 4.79 Å². The molecule has 0 spiro atoms. The number of carbonyl (C=O) groups excluding carboxylic acids is 1. The highest BCUT2D eigenvalue weighted by Crippen LogP contribution is 2.20. The zero-order valence-corrected chi connectivity index (χ0v) is 13.4. The van der Waals surface area contributed by atoms with Crippen LogP contribution in [0.4, 0.5) is 11.6 Å². The highest BCUT2D eigenvalue weighted by Gasteiger charge is 2.15. The van der Waals surface area contributed by atoms with Crippen molar-refractivity contribution in [2.45, 2.75) is 45.1 Å². The van der Waals surface area contributed by atoms with Crippen molar-refractivity contribution in [3.05, 3.63) is 47.8 Å². The molecular formula is C18H22N4O. The van der Waals surface area contributed by atoms with Crippen molar-refractivity contribution in [2.24, 2.45) is 0 Å². The lowest BCUT2D eigenvalue weighted by Gasteiger charge is -2.22. The average Bonchev–Trinajstić information content (AvgIpc) is 2.56. The molecule has 1 heterocycles. The van der Waals surface area contributed by atoms with Crippen LogP contribution in [-0.2, 0) is 0 Å². The van der Waals surface area contributed by atoms with Crippen molar-refractivity contribution in [1.29, 1.82) is 0 Å². The van der Waals surface area contributed by atoms with Crippen molar-refractivity contribution in [1.82, 2.24) is 9.97 Å². The topological polar surface area (TPSA) is 66.9 Å². The van der Waals surface area contributed by atoms with Crippen LogP contribution in [0.1, 0.15) is 48.2 Å². The molecule has 2 N–H and O–H groups in total. The van der Waals surface area contributed by atoms with Gasteiger partial charge in [0.05, 0.1) is 0 Å². The van der Waals surface area contributed by atoms with Crippen LogP contribution in [0.2, 0.25) is 0 Å². The molecule has 120 valence electrons. The Kier molecular flexibility index (Phi) is 4.86. The number of benzene rings is 1. The molecule has 2 aromatic rings. The number of hydrogen-bond donors (Lipinski definition) is 2. The van der Waals surface area contributed by atoms with E-state index >= 15 is 0 Å². The Morgan fingerprint density at radius 2 is 2.00 bits per heavy atom. The number of hydrogen-bond acceptors (Lipinski definition) is 4. The van der Waals surface area contributed by atoms with Gasteiger partial charge >= 0.3 is 0 Å². The van der Waals surface area contributed by atoms with Gasteiger partial charge < -0.3 is 10.6 Å². The summed E-state index contributed by atoms with van der Waals surface area (Å²) in [5.41, 5.74) is 2.25. The average molecular weight is 310 g/mol. The lowest BCUT2D eigenvalue weighted by Crippen LogP contribution is -2.24. The minimum absolute atomic E-state index is 0.218. The third-order valence-corrected chi connectivity index (χ3v) is 4.10. The monoisotopic (exact) mass is 310 g/mol. The van der Waals surface area contributed by atoms with Gasteiger partial charge in [0.15, 0.2) is 0 Å². The Morgan fingerprint density at radius 1 is 1.17 bits per heavy atom. The van der Waals surface area contributed by atoms with E-state index < -0.39 is 0 Å². The quantitative estimate of drug-likeness (QED) is 0.902. The fourth-order valence-electron chi connectivity index (χ4n) is 2.90. The van der Waals surface area contributed by atoms with Gasteiger partial charge in [0.2, 0.25) is 5.95 Å². The maximum Gasteiger partial charge on any atom is 0.274 e. The Hall–Kier alpha value is -2.43. The first-order valence-corrected chi connectivity index (χ1v) is 8.18. The van der Waals surface area contributed by atoms with Crippen LogP contribution < -0.4 is 10.6 Å². The maximum absolute atomic E-state index is 12.3. The molecule has 0 bridgehead atoms. The Bertz CT molecular complexity index is 680. The standard InChI is InChI=1S/C18H22N4O/c1-13-6-5-9-15(12-13)20-17(23)16-10-11-19-18(22-16)21-14-7-3-2-4-8-14/h5-6,9-12,14H,2-4,7-8H2,1H3,(H,20,23)(H,19,21,22). The summed E-state index contributed by atoms with van der Waals surface area (Å²) in [6, 6.07) is 9.76. The zero-order chi connectivity index (χ0) is 16.1. The zero-order valence-electron chi connectivity index (χ0n) is 13.4. The van der Waals surface area contributed by atoms with Crippen LogP contribution in [0.3, 0.4) is 0 Å². The van der Waals surface area contributed by atoms with Gasteiger partial charge in [0, 0.05) is 17.9 Å². The van der Waals surface area contributed by atoms with Gasteiger partial charge in [0.25, 0.3) is 5.91 Å². The first kappa shape index (κ1) is 15.5. The molecule has 3 rings (SSSR count). The number of carbonyl (C=O) groups is 1. The molecule has 5 nitrogen and oxygen atoms in total. The molecule has 1 aliphatic carbocycles. The van der Waals surface area contributed by atoms with Gasteiger partial charge in [-0.3, -0.25) is 4.79 Å². The van der Waals surface area contributed by atoms with Gasteiger partial charge in [-0.15, -0.1) is 0 Å². The van der Waals surface area contributed by atoms with Crippen molar-refractivity contribution in [3.63, 3.8) is 0 Å². The highest BCUT2D eigenvalue weighted by atomic mass is 16.1. The van der Waals surface area contributed by atoms with Crippen molar-refractivity contribution in [3.8, 4) is 0 Å². The van der Waals surface area contributed by atoms with E-state index in [1.807, 2.05) is 31.2 Å². The summed E-state index contributed by atoms with van der Waals surface area (Å²) >= 11 is 0. The summed E-state index contributed by atoms with van der Waals surface area (Å²) in [7, 11) is 0. The van der Waals surface area contributed by atoms with Crippen LogP contribution in [0.25, 0.3) is 0 Å². The van der Waals surface area contributed by atoms with E-state index in [4.69, 9.17) is 0 Å². The van der Waals surface area contributed by atoms with E-state index in [0.29, 0.717) is 17.7 Å². The smallest absolute Gasteiger partial charge is 0.274 e. The lowest BCUT2D eigenvalue weighted by molar-refractivity contribution is 0.102. The van der Waals surface area contributed by atoms with Gasteiger partial charge in [-0.1, -0.05) is 31.4 Å². The number of amides is 1. The predicted octanol–water partition coefficient (Wildman–Crippen LogP) is 3.78. The molecule has 0 radical (unpaired) electrons. The molecule has 23 heavy (non-hydrogen) atoms. The minimum Gasteiger partial charge on any atom is -0.351 e. The molecule has 0 unspecified atom stereocenters. The number of rotatable bonds is 4. The molecule has 1 aromatic heterocycles. The second kappa shape index (κ2) is 7.22. The fourth-order valence-corrected chi connectivity index (χ4v) is 2.90. The number of nitrogens with zero attached hydrogens (tertiary/aromatic N) is 2. The van der Waals surface area contributed by atoms with Crippen molar-refractivity contribution < 1.29 is 4.79 Å². The Morgan fingerprint density at radius 3 is 2.78 bits per heavy atom. The molecule has 0 saturated heterocycles. The molecule has 5 heteroatoms. The molecule has 1 saturated carbocycles. The number of nitrogens with one attached hydrogen (secondary N) is 2. The summed E-state index contributed by atoms with van der Waals surface area (Å²) in [4.78, 5) is 20.9. The van der Waals surface area contributed by atoms with E-state index in [1.54, 1.807) is 12.3 Å². The lowest BCUT2D eigenvalue weighted by atomic mass is 9.96. The van der Waals surface area contributed by atoms with Crippen LogP contribution in [0, 0.1) is 6.92 Å². The maximum atomic E-state index is 12.3. The summed E-state index contributed by atoms with van der Waals surface area (Å²) < 4.78 is 0. The van der Waals surface area contributed by atoms with Gasteiger partial charge in [-0.25, -0.2) is 9.97 Å². The van der Waals surface area contributed by atoms with E-state index in [1.165, 1.54) is 19.3 Å². The molecule has 1 amide bonds. The predicted molar refractivity (Wildman–Crippen MR) is 91.7 cm³/mol. The normalized spacial score (nSPS) is 15.2. The van der Waals surface area contributed by atoms with E-state index in [-0.39, 0.29) is 5.91 Å². The van der Waals surface area contributed by atoms with Gasteiger partial charge in [0.1, 0.15) is 5.69 Å². The molecule has 1 fully saturated rings. The number of anilines is 2. The molecule has 0 atom stereocenters. The van der Waals surface area contributed by atoms with E-state index in [0.717, 1.165) is 24.1 Å². The summed E-state index contributed by atoms with van der Waals surface area (Å²) in [6.07, 6.45) is 7.70. The fraction of sp³-hybridized carbons (Fsp3) is 0.389. The summed E-state index contributed by atoms with van der Waals surface area (Å²) in [6.45, 7) is 1.99. The van der Waals surface area contributed by atoms with Gasteiger partial charge in [-0.05, 0) is 43.5 Å². The van der Waals surface area contributed by atoms with E-state index in [2.05, 4.69) is 20.6 Å². The Labute approximate surface area is 136 Å². The van der Waals surface area contributed by atoms with Crippen LogP contribution in [-0.4, -0.2) is 21.9 Å². The summed E-state index contributed by atoms with van der Waals surface area (Å²) in [5.74, 6) is 0.318. The summed E-state index contributed by atoms with van der Waals surface area (Å²) in [5, 5.41) is 6.22. The minimum atomic E-state index is -0.218. The second-order valence-corrected chi connectivity index (χ2v) is 6.07. The largest absolute Gasteiger partial charge is 0.351 e. The first-order chi connectivity index (χ1) is 11.2. The van der Waals surface area contributed by atoms with Crippen molar-refractivity contribution in [2.75, 3.05) is 10.6 Å². The number of aryl methyl sites for hydroxylation is 1. The molecule has 1 aromatic carbocycles. The molecular weight excluding hydrogens is 288 g/mol. The molecule has 1 aliphatic rings. The van der Waals surface area contributed by atoms with Crippen molar-refractivity contribution >= 4 is 17.5 Å². The third kappa shape index (κ3) is 4.28. The molecule has 0 aliphatic heterocycles. The number of aromatic nitrogens is 2. The Balaban J connectivity index is 1.67. The van der Waals surface area contributed by atoms with Crippen LogP contribution in [0.15, 0.2) is 36.5 Å². The van der Waals surface area contributed by atoms with Crippen LogP contribution >= 0.6 is 0 Å². The highest BCUT2D eigenvalue weighted by molar-refractivity contribution is 6.03.